The first-order valence-electron chi connectivity index (χ1n) is 4.18. The van der Waals surface area contributed by atoms with Gasteiger partial charge in [-0.1, -0.05) is 18.2 Å². The Bertz CT molecular complexity index is 312. The van der Waals surface area contributed by atoms with Gasteiger partial charge in [0, 0.05) is 12.1 Å². The average molecular weight is 198 g/mol. The predicted molar refractivity (Wildman–Crippen MR) is 54.5 cm³/mol. The summed E-state index contributed by atoms with van der Waals surface area (Å²) in [5.41, 5.74) is 3.33. The van der Waals surface area contributed by atoms with E-state index in [1.54, 1.807) is 0 Å². The monoisotopic (exact) mass is 197 g/mol. The number of hydrogen-bond acceptors (Lipinski definition) is 2. The topological polar surface area (TPSA) is 29.1 Å². The first-order chi connectivity index (χ1) is 5.92. The van der Waals surface area contributed by atoms with Crippen molar-refractivity contribution < 1.29 is 4.79 Å². The fourth-order valence-electron chi connectivity index (χ4n) is 1.65. The quantitative estimate of drug-likeness (QED) is 0.693. The van der Waals surface area contributed by atoms with Crippen molar-refractivity contribution in [2.24, 2.45) is 0 Å². The molecule has 1 aliphatic rings. The largest absolute Gasteiger partial charge is 0.312 e. The normalized spacial score (nSPS) is 14.2. The Morgan fingerprint density at radius 3 is 3.00 bits per heavy atom. The second-order valence-electron chi connectivity index (χ2n) is 3.03. The van der Waals surface area contributed by atoms with Crippen LogP contribution in [0.5, 0.6) is 0 Å². The molecule has 70 valence electrons. The highest BCUT2D eigenvalue weighted by molar-refractivity contribution is 5.85. The molecule has 0 fully saturated rings. The predicted octanol–water partition coefficient (Wildman–Crippen LogP) is 1.57. The molecule has 0 aliphatic carbocycles. The number of carbonyl (C=O) groups is 1. The van der Waals surface area contributed by atoms with E-state index in [4.69, 9.17) is 0 Å². The van der Waals surface area contributed by atoms with Crippen molar-refractivity contribution >= 4 is 18.7 Å². The Morgan fingerprint density at radius 2 is 2.23 bits per heavy atom. The Kier molecular flexibility index (Phi) is 3.46. The zero-order chi connectivity index (χ0) is 8.39. The molecule has 0 unspecified atom stereocenters. The van der Waals surface area contributed by atoms with Gasteiger partial charge in [0.1, 0.15) is 6.29 Å². The SMILES string of the molecule is Cl.O=Cc1cccc2c1CNCC2. The number of halogens is 1. The second kappa shape index (κ2) is 4.40. The summed E-state index contributed by atoms with van der Waals surface area (Å²) in [6.45, 7) is 1.86. The number of aldehydes is 1. The lowest BCUT2D eigenvalue weighted by atomic mass is 9.97. The van der Waals surface area contributed by atoms with Gasteiger partial charge in [0.05, 0.1) is 0 Å². The zero-order valence-electron chi connectivity index (χ0n) is 7.25. The summed E-state index contributed by atoms with van der Waals surface area (Å²) >= 11 is 0. The Morgan fingerprint density at radius 1 is 1.38 bits per heavy atom. The minimum atomic E-state index is 0. The van der Waals surface area contributed by atoms with Crippen LogP contribution in [0.1, 0.15) is 21.5 Å². The highest BCUT2D eigenvalue weighted by atomic mass is 35.5. The van der Waals surface area contributed by atoms with Crippen LogP contribution in [0.4, 0.5) is 0 Å². The molecule has 1 aromatic carbocycles. The molecule has 1 aliphatic heterocycles. The van der Waals surface area contributed by atoms with Gasteiger partial charge in [-0.05, 0) is 24.1 Å². The van der Waals surface area contributed by atoms with Crippen LogP contribution >= 0.6 is 12.4 Å². The standard InChI is InChI=1S/C10H11NO.ClH/c12-7-9-3-1-2-8-4-5-11-6-10(8)9;/h1-3,7,11H,4-6H2;1H. The molecule has 2 rings (SSSR count). The molecule has 0 radical (unpaired) electrons. The lowest BCUT2D eigenvalue weighted by molar-refractivity contribution is 0.112. The van der Waals surface area contributed by atoms with Crippen molar-refractivity contribution in [2.75, 3.05) is 6.54 Å². The molecule has 0 amide bonds. The molecule has 0 saturated carbocycles. The van der Waals surface area contributed by atoms with E-state index in [0.29, 0.717) is 0 Å². The number of fused-ring (bicyclic) bond motifs is 1. The maximum atomic E-state index is 10.7. The van der Waals surface area contributed by atoms with Crippen molar-refractivity contribution in [3.05, 3.63) is 34.9 Å². The Balaban J connectivity index is 0.000000845. The number of rotatable bonds is 1. The van der Waals surface area contributed by atoms with E-state index in [-0.39, 0.29) is 12.4 Å². The van der Waals surface area contributed by atoms with Crippen LogP contribution in [-0.2, 0) is 13.0 Å². The van der Waals surface area contributed by atoms with Gasteiger partial charge in [-0.2, -0.15) is 0 Å². The molecule has 1 N–H and O–H groups in total. The molecule has 0 spiro atoms. The molecule has 0 aromatic heterocycles. The van der Waals surface area contributed by atoms with Crippen LogP contribution in [-0.4, -0.2) is 12.8 Å². The molecule has 0 saturated heterocycles. The summed E-state index contributed by atoms with van der Waals surface area (Å²) in [6.07, 6.45) is 1.98. The van der Waals surface area contributed by atoms with Gasteiger partial charge in [-0.3, -0.25) is 4.79 Å². The molecule has 1 heterocycles. The third-order valence-corrected chi connectivity index (χ3v) is 2.31. The van der Waals surface area contributed by atoms with Crippen molar-refractivity contribution in [2.45, 2.75) is 13.0 Å². The van der Waals surface area contributed by atoms with E-state index in [1.807, 2.05) is 12.1 Å². The molecular weight excluding hydrogens is 186 g/mol. The number of hydrogen-bond donors (Lipinski definition) is 1. The number of nitrogens with one attached hydrogen (secondary N) is 1. The second-order valence-corrected chi connectivity index (χ2v) is 3.03. The van der Waals surface area contributed by atoms with Gasteiger partial charge in [0.25, 0.3) is 0 Å². The van der Waals surface area contributed by atoms with Crippen LogP contribution in [0.25, 0.3) is 0 Å². The summed E-state index contributed by atoms with van der Waals surface area (Å²) in [5.74, 6) is 0. The molecule has 0 atom stereocenters. The summed E-state index contributed by atoms with van der Waals surface area (Å²) < 4.78 is 0. The van der Waals surface area contributed by atoms with E-state index < -0.39 is 0 Å². The summed E-state index contributed by atoms with van der Waals surface area (Å²) in [4.78, 5) is 10.7. The van der Waals surface area contributed by atoms with E-state index in [1.165, 1.54) is 11.1 Å². The first kappa shape index (κ1) is 10.2. The fraction of sp³-hybridized carbons (Fsp3) is 0.300. The summed E-state index contributed by atoms with van der Waals surface area (Å²) in [7, 11) is 0. The zero-order valence-corrected chi connectivity index (χ0v) is 8.06. The van der Waals surface area contributed by atoms with Gasteiger partial charge in [-0.15, -0.1) is 12.4 Å². The molecule has 3 heteroatoms. The van der Waals surface area contributed by atoms with Crippen LogP contribution in [0.2, 0.25) is 0 Å². The van der Waals surface area contributed by atoms with Crippen LogP contribution in [0.3, 0.4) is 0 Å². The lowest BCUT2D eigenvalue weighted by Crippen LogP contribution is -2.24. The maximum Gasteiger partial charge on any atom is 0.150 e. The van der Waals surface area contributed by atoms with Gasteiger partial charge in [-0.25, -0.2) is 0 Å². The van der Waals surface area contributed by atoms with Gasteiger partial charge in [0.2, 0.25) is 0 Å². The van der Waals surface area contributed by atoms with E-state index >= 15 is 0 Å². The maximum absolute atomic E-state index is 10.7. The van der Waals surface area contributed by atoms with Crippen LogP contribution in [0.15, 0.2) is 18.2 Å². The van der Waals surface area contributed by atoms with Gasteiger partial charge >= 0.3 is 0 Å². The molecule has 13 heavy (non-hydrogen) atoms. The Hall–Kier alpha value is -0.860. The first-order valence-corrected chi connectivity index (χ1v) is 4.18. The van der Waals surface area contributed by atoms with E-state index in [9.17, 15) is 4.79 Å². The summed E-state index contributed by atoms with van der Waals surface area (Å²) in [5, 5.41) is 3.26. The van der Waals surface area contributed by atoms with Gasteiger partial charge < -0.3 is 5.32 Å². The number of carbonyl (C=O) groups excluding carboxylic acids is 1. The third kappa shape index (κ3) is 1.90. The van der Waals surface area contributed by atoms with Crippen LogP contribution in [0, 0.1) is 0 Å². The smallest absolute Gasteiger partial charge is 0.150 e. The van der Waals surface area contributed by atoms with E-state index in [2.05, 4.69) is 11.4 Å². The van der Waals surface area contributed by atoms with Crippen LogP contribution < -0.4 is 5.32 Å². The van der Waals surface area contributed by atoms with Crippen molar-refractivity contribution in [3.8, 4) is 0 Å². The highest BCUT2D eigenvalue weighted by Crippen LogP contribution is 2.16. The number of benzene rings is 1. The highest BCUT2D eigenvalue weighted by Gasteiger charge is 2.10. The van der Waals surface area contributed by atoms with Crippen molar-refractivity contribution in [1.29, 1.82) is 0 Å². The lowest BCUT2D eigenvalue weighted by Gasteiger charge is -2.17. The van der Waals surface area contributed by atoms with E-state index in [0.717, 1.165) is 31.4 Å². The van der Waals surface area contributed by atoms with Crippen molar-refractivity contribution in [3.63, 3.8) is 0 Å². The van der Waals surface area contributed by atoms with Crippen molar-refractivity contribution in [1.82, 2.24) is 5.32 Å². The molecule has 1 aromatic rings. The third-order valence-electron chi connectivity index (χ3n) is 2.31. The Labute approximate surface area is 83.7 Å². The minimum absolute atomic E-state index is 0. The molecular formula is C10H12ClNO. The molecule has 2 nitrogen and oxygen atoms in total. The summed E-state index contributed by atoms with van der Waals surface area (Å²) in [6, 6.07) is 5.93. The molecule has 0 bridgehead atoms. The van der Waals surface area contributed by atoms with Gasteiger partial charge in [0.15, 0.2) is 0 Å². The minimum Gasteiger partial charge on any atom is -0.312 e. The fourth-order valence-corrected chi connectivity index (χ4v) is 1.65. The average Bonchev–Trinajstić information content (AvgIpc) is 2.17.